The third kappa shape index (κ3) is 3.57. The first-order valence-corrected chi connectivity index (χ1v) is 7.13. The summed E-state index contributed by atoms with van der Waals surface area (Å²) in [5.41, 5.74) is 7.09. The van der Waals surface area contributed by atoms with Crippen LogP contribution < -0.4 is 11.1 Å². The number of hydrogen-bond donors (Lipinski definition) is 3. The second-order valence-electron chi connectivity index (χ2n) is 4.43. The Morgan fingerprint density at radius 2 is 2.10 bits per heavy atom. The Morgan fingerprint density at radius 1 is 1.38 bits per heavy atom. The molecule has 1 heterocycles. The molecule has 110 valence electrons. The van der Waals surface area contributed by atoms with Crippen LogP contribution in [0.5, 0.6) is 0 Å². The number of carbonyl (C=O) groups excluding carboxylic acids is 1. The van der Waals surface area contributed by atoms with Gasteiger partial charge in [0.25, 0.3) is 5.91 Å². The molecule has 0 unspecified atom stereocenters. The highest BCUT2D eigenvalue weighted by molar-refractivity contribution is 7.17. The Morgan fingerprint density at radius 3 is 2.71 bits per heavy atom. The highest BCUT2D eigenvalue weighted by atomic mass is 32.1. The maximum Gasteiger partial charge on any atom is 0.335 e. The number of amides is 1. The van der Waals surface area contributed by atoms with Gasteiger partial charge in [-0.15, -0.1) is 0 Å². The smallest absolute Gasteiger partial charge is 0.335 e. The lowest BCUT2D eigenvalue weighted by atomic mass is 10.0. The fourth-order valence-electron chi connectivity index (χ4n) is 1.97. The number of aromatic nitrogens is 1. The number of hydrogen-bond acceptors (Lipinski definition) is 5. The molecule has 0 bridgehead atoms. The molecule has 0 fully saturated rings. The molecule has 0 atom stereocenters. The van der Waals surface area contributed by atoms with Crippen molar-refractivity contribution >= 4 is 28.3 Å². The highest BCUT2D eigenvalue weighted by Crippen LogP contribution is 2.19. The van der Waals surface area contributed by atoms with Crippen molar-refractivity contribution in [2.75, 3.05) is 12.3 Å². The molecule has 21 heavy (non-hydrogen) atoms. The zero-order valence-electron chi connectivity index (χ0n) is 11.4. The van der Waals surface area contributed by atoms with E-state index in [4.69, 9.17) is 10.8 Å². The van der Waals surface area contributed by atoms with E-state index in [1.807, 2.05) is 0 Å². The lowest BCUT2D eigenvalue weighted by Gasteiger charge is -2.07. The molecule has 6 nitrogen and oxygen atoms in total. The molecule has 1 aromatic heterocycles. The van der Waals surface area contributed by atoms with Gasteiger partial charge >= 0.3 is 5.97 Å². The van der Waals surface area contributed by atoms with Gasteiger partial charge in [-0.25, -0.2) is 9.78 Å². The molecule has 0 aliphatic carbocycles. The van der Waals surface area contributed by atoms with Gasteiger partial charge in [-0.1, -0.05) is 29.5 Å². The Labute approximate surface area is 125 Å². The lowest BCUT2D eigenvalue weighted by Crippen LogP contribution is -2.26. The maximum absolute atomic E-state index is 12.0. The largest absolute Gasteiger partial charge is 0.478 e. The molecule has 0 radical (unpaired) electrons. The van der Waals surface area contributed by atoms with E-state index in [2.05, 4.69) is 10.3 Å². The Bertz CT molecular complexity index is 682. The predicted octanol–water partition coefficient (Wildman–Crippen LogP) is 1.70. The molecule has 7 heteroatoms. The van der Waals surface area contributed by atoms with Crippen LogP contribution in [0.3, 0.4) is 0 Å². The lowest BCUT2D eigenvalue weighted by molar-refractivity contribution is 0.0695. The van der Waals surface area contributed by atoms with Gasteiger partial charge in [0.05, 0.1) is 11.3 Å². The number of benzene rings is 1. The predicted molar refractivity (Wildman–Crippen MR) is 80.7 cm³/mol. The number of carboxylic acids is 1. The van der Waals surface area contributed by atoms with Crippen molar-refractivity contribution in [3.63, 3.8) is 0 Å². The number of aryl methyl sites for hydroxylation is 1. The Kier molecular flexibility index (Phi) is 4.54. The van der Waals surface area contributed by atoms with Crippen molar-refractivity contribution < 1.29 is 14.7 Å². The average Bonchev–Trinajstić information content (AvgIpc) is 2.78. The molecule has 2 rings (SSSR count). The Balaban J connectivity index is 1.97. The van der Waals surface area contributed by atoms with Gasteiger partial charge in [0, 0.05) is 6.54 Å². The molecule has 0 aliphatic heterocycles. The molecule has 1 aromatic carbocycles. The van der Waals surface area contributed by atoms with Gasteiger partial charge in [0.15, 0.2) is 5.13 Å². The molecule has 2 aromatic rings. The van der Waals surface area contributed by atoms with Crippen molar-refractivity contribution in [3.05, 3.63) is 46.0 Å². The van der Waals surface area contributed by atoms with E-state index in [-0.39, 0.29) is 11.5 Å². The van der Waals surface area contributed by atoms with Gasteiger partial charge in [-0.05, 0) is 25.0 Å². The summed E-state index contributed by atoms with van der Waals surface area (Å²) in [5, 5.41) is 12.2. The minimum atomic E-state index is -0.969. The van der Waals surface area contributed by atoms with Crippen molar-refractivity contribution in [2.24, 2.45) is 0 Å². The van der Waals surface area contributed by atoms with Crippen molar-refractivity contribution in [3.8, 4) is 0 Å². The van der Waals surface area contributed by atoms with Crippen LogP contribution in [-0.4, -0.2) is 28.5 Å². The number of thiazole rings is 1. The van der Waals surface area contributed by atoms with Crippen LogP contribution in [0.1, 0.15) is 31.3 Å². The van der Waals surface area contributed by atoms with Crippen LogP contribution in [0.2, 0.25) is 0 Å². The fraction of sp³-hybridized carbons (Fsp3) is 0.214. The number of carbonyl (C=O) groups is 2. The minimum Gasteiger partial charge on any atom is -0.478 e. The average molecular weight is 305 g/mol. The van der Waals surface area contributed by atoms with Gasteiger partial charge in [0.1, 0.15) is 4.88 Å². The number of rotatable bonds is 5. The number of aromatic carboxylic acids is 1. The monoisotopic (exact) mass is 305 g/mol. The molecule has 1 amide bonds. The summed E-state index contributed by atoms with van der Waals surface area (Å²) in [6.45, 7) is 2.07. The van der Waals surface area contributed by atoms with Crippen LogP contribution in [0.25, 0.3) is 0 Å². The van der Waals surface area contributed by atoms with Gasteiger partial charge in [-0.2, -0.15) is 0 Å². The van der Waals surface area contributed by atoms with Crippen molar-refractivity contribution in [1.82, 2.24) is 10.3 Å². The van der Waals surface area contributed by atoms with Gasteiger partial charge in [-0.3, -0.25) is 4.79 Å². The molecular formula is C14H15N3O3S. The van der Waals surface area contributed by atoms with Crippen LogP contribution in [0.15, 0.2) is 24.3 Å². The Hall–Kier alpha value is -2.41. The molecular weight excluding hydrogens is 290 g/mol. The van der Waals surface area contributed by atoms with E-state index >= 15 is 0 Å². The number of anilines is 1. The van der Waals surface area contributed by atoms with Crippen LogP contribution in [0.4, 0.5) is 5.13 Å². The first-order chi connectivity index (χ1) is 9.99. The summed E-state index contributed by atoms with van der Waals surface area (Å²) in [6, 6.07) is 6.74. The second-order valence-corrected chi connectivity index (χ2v) is 5.47. The SMILES string of the molecule is Cc1nc(N)sc1C(=O)NCCc1ccccc1C(=O)O. The van der Waals surface area contributed by atoms with E-state index in [9.17, 15) is 9.59 Å². The van der Waals surface area contributed by atoms with Gasteiger partial charge in [0.2, 0.25) is 0 Å². The number of nitrogens with two attached hydrogens (primary N) is 1. The van der Waals surface area contributed by atoms with E-state index < -0.39 is 5.97 Å². The zero-order valence-corrected chi connectivity index (χ0v) is 12.2. The minimum absolute atomic E-state index is 0.241. The molecule has 4 N–H and O–H groups in total. The number of nitrogen functional groups attached to an aromatic ring is 1. The van der Waals surface area contributed by atoms with Gasteiger partial charge < -0.3 is 16.2 Å². The van der Waals surface area contributed by atoms with Crippen LogP contribution in [0, 0.1) is 6.92 Å². The number of nitrogens with one attached hydrogen (secondary N) is 1. The standard InChI is InChI=1S/C14H15N3O3S/c1-8-11(21-14(15)17-8)12(18)16-7-6-9-4-2-3-5-10(9)13(19)20/h2-5H,6-7H2,1H3,(H2,15,17)(H,16,18)(H,19,20). The number of nitrogens with zero attached hydrogens (tertiary/aromatic N) is 1. The van der Waals surface area contributed by atoms with Crippen LogP contribution >= 0.6 is 11.3 Å². The molecule has 0 saturated heterocycles. The maximum atomic E-state index is 12.0. The normalized spacial score (nSPS) is 10.3. The summed E-state index contributed by atoms with van der Waals surface area (Å²) >= 11 is 1.14. The molecule has 0 saturated carbocycles. The third-order valence-corrected chi connectivity index (χ3v) is 3.93. The highest BCUT2D eigenvalue weighted by Gasteiger charge is 2.14. The summed E-state index contributed by atoms with van der Waals surface area (Å²) in [6.07, 6.45) is 0.446. The first-order valence-electron chi connectivity index (χ1n) is 6.31. The third-order valence-electron chi connectivity index (χ3n) is 2.95. The number of carboxylic acid groups (broad SMARTS) is 1. The van der Waals surface area contributed by atoms with Crippen molar-refractivity contribution in [1.29, 1.82) is 0 Å². The van der Waals surface area contributed by atoms with Crippen LogP contribution in [-0.2, 0) is 6.42 Å². The fourth-order valence-corrected chi connectivity index (χ4v) is 2.72. The summed E-state index contributed by atoms with van der Waals surface area (Å²) < 4.78 is 0. The second kappa shape index (κ2) is 6.36. The van der Waals surface area contributed by atoms with E-state index in [0.717, 1.165) is 11.3 Å². The van der Waals surface area contributed by atoms with E-state index in [0.29, 0.717) is 34.2 Å². The van der Waals surface area contributed by atoms with Crippen molar-refractivity contribution in [2.45, 2.75) is 13.3 Å². The quantitative estimate of drug-likeness (QED) is 0.779. The zero-order chi connectivity index (χ0) is 15.4. The molecule has 0 spiro atoms. The van der Waals surface area contributed by atoms with E-state index in [1.165, 1.54) is 0 Å². The molecule has 0 aliphatic rings. The first kappa shape index (κ1) is 15.0. The summed E-state index contributed by atoms with van der Waals surface area (Å²) in [7, 11) is 0. The topological polar surface area (TPSA) is 105 Å². The summed E-state index contributed by atoms with van der Waals surface area (Å²) in [4.78, 5) is 27.5. The van der Waals surface area contributed by atoms with E-state index in [1.54, 1.807) is 31.2 Å². The summed E-state index contributed by atoms with van der Waals surface area (Å²) in [5.74, 6) is -1.21.